The number of aryl methyl sites for hydroxylation is 2. The zero-order valence-electron chi connectivity index (χ0n) is 25.4. The van der Waals surface area contributed by atoms with Gasteiger partial charge < -0.3 is 5.11 Å². The van der Waals surface area contributed by atoms with E-state index in [-0.39, 0.29) is 5.75 Å². The van der Waals surface area contributed by atoms with E-state index in [4.69, 9.17) is 0 Å². The molecule has 0 spiro atoms. The first-order chi connectivity index (χ1) is 22.0. The van der Waals surface area contributed by atoms with Gasteiger partial charge in [-0.1, -0.05) is 132 Å². The van der Waals surface area contributed by atoms with Crippen LogP contribution in [0.15, 0.2) is 164 Å². The Morgan fingerprint density at radius 2 is 0.756 bits per heavy atom. The normalized spacial score (nSPS) is 11.0. The number of hydrogen-bond acceptors (Lipinski definition) is 1. The molecule has 0 fully saturated rings. The van der Waals surface area contributed by atoms with Crippen LogP contribution in [-0.4, -0.2) is 0 Å². The van der Waals surface area contributed by atoms with Gasteiger partial charge in [0.1, 0.15) is 0 Å². The summed E-state index contributed by atoms with van der Waals surface area (Å²) < 4.78 is 2.31. The van der Waals surface area contributed by atoms with Crippen LogP contribution in [0.3, 0.4) is 0 Å². The highest BCUT2D eigenvalue weighted by atomic mass is 16.3. The number of hydrogen-bond donors (Lipinski definition) is 0. The maximum atomic E-state index is 14.3. The first-order valence-electron chi connectivity index (χ1n) is 15.3. The molecule has 0 amide bonds. The summed E-state index contributed by atoms with van der Waals surface area (Å²) in [6, 6.07) is 56.6. The van der Waals surface area contributed by atoms with E-state index in [1.165, 1.54) is 0 Å². The summed E-state index contributed by atoms with van der Waals surface area (Å²) in [5.74, 6) is 0.0236. The van der Waals surface area contributed by atoms with Crippen molar-refractivity contribution in [3.05, 3.63) is 175 Å². The molecule has 7 rings (SSSR count). The van der Waals surface area contributed by atoms with Crippen LogP contribution in [0.4, 0.5) is 0 Å². The standard InChI is InChI=1S/C43H33NO/c1-30-18-22-33(23-19-30)39-28-38(29-40(43(39)45)34-24-20-31(2)21-25-34)44-41(35-14-8-4-9-15-35)26-37(32-12-6-3-7-13-32)27-42(44)36-16-10-5-11-17-36/h3-29H,1-2H3. The molecule has 0 N–H and O–H groups in total. The van der Waals surface area contributed by atoms with Gasteiger partial charge in [0.2, 0.25) is 17.1 Å². The summed E-state index contributed by atoms with van der Waals surface area (Å²) in [4.78, 5) is 0. The molecular weight excluding hydrogens is 546 g/mol. The Hall–Kier alpha value is -5.73. The highest BCUT2D eigenvalue weighted by Crippen LogP contribution is 2.39. The maximum Gasteiger partial charge on any atom is 0.219 e. The average Bonchev–Trinajstić information content (AvgIpc) is 3.10. The van der Waals surface area contributed by atoms with E-state index in [1.54, 1.807) is 0 Å². The van der Waals surface area contributed by atoms with E-state index in [2.05, 4.69) is 140 Å². The average molecular weight is 580 g/mol. The van der Waals surface area contributed by atoms with Crippen molar-refractivity contribution in [1.82, 2.24) is 0 Å². The number of nitrogens with zero attached hydrogens (tertiary/aromatic N) is 1. The second-order valence-corrected chi connectivity index (χ2v) is 11.6. The molecule has 2 heteroatoms. The first kappa shape index (κ1) is 28.1. The smallest absolute Gasteiger partial charge is 0.219 e. The van der Waals surface area contributed by atoms with E-state index in [9.17, 15) is 5.11 Å². The zero-order valence-corrected chi connectivity index (χ0v) is 25.4. The molecule has 216 valence electrons. The van der Waals surface area contributed by atoms with Crippen LogP contribution in [0.1, 0.15) is 11.1 Å². The molecule has 45 heavy (non-hydrogen) atoms. The summed E-state index contributed by atoms with van der Waals surface area (Å²) in [7, 11) is 0. The van der Waals surface area contributed by atoms with Crippen molar-refractivity contribution < 1.29 is 9.67 Å². The summed E-state index contributed by atoms with van der Waals surface area (Å²) in [5, 5.41) is 14.3. The Bertz CT molecular complexity index is 1950. The van der Waals surface area contributed by atoms with Crippen molar-refractivity contribution >= 4 is 0 Å². The Morgan fingerprint density at radius 1 is 0.378 bits per heavy atom. The molecule has 0 radical (unpaired) electrons. The van der Waals surface area contributed by atoms with Crippen LogP contribution >= 0.6 is 0 Å². The van der Waals surface area contributed by atoms with E-state index >= 15 is 0 Å². The molecule has 0 bridgehead atoms. The van der Waals surface area contributed by atoms with Gasteiger partial charge in [-0.25, -0.2) is 0 Å². The van der Waals surface area contributed by atoms with Crippen LogP contribution < -0.4 is 9.67 Å². The largest absolute Gasteiger partial charge is 0.872 e. The number of aromatic nitrogens is 1. The fraction of sp³-hybridized carbons (Fsp3) is 0.0465. The second kappa shape index (κ2) is 12.1. The molecule has 0 saturated heterocycles. The molecule has 2 nitrogen and oxygen atoms in total. The lowest BCUT2D eigenvalue weighted by Gasteiger charge is -2.21. The fourth-order valence-electron chi connectivity index (χ4n) is 5.95. The lowest BCUT2D eigenvalue weighted by molar-refractivity contribution is -0.572. The third-order valence-corrected chi connectivity index (χ3v) is 8.37. The summed E-state index contributed by atoms with van der Waals surface area (Å²) in [6.07, 6.45) is 0. The molecule has 7 aromatic rings. The molecule has 0 aliphatic rings. The van der Waals surface area contributed by atoms with Gasteiger partial charge in [0.25, 0.3) is 0 Å². The van der Waals surface area contributed by atoms with Gasteiger partial charge in [-0.2, -0.15) is 4.57 Å². The zero-order chi connectivity index (χ0) is 30.8. The van der Waals surface area contributed by atoms with Gasteiger partial charge in [-0.05, 0) is 71.5 Å². The van der Waals surface area contributed by atoms with E-state index in [1.807, 2.05) is 42.5 Å². The van der Waals surface area contributed by atoms with Crippen LogP contribution in [0, 0.1) is 13.8 Å². The predicted molar refractivity (Wildman–Crippen MR) is 184 cm³/mol. The molecule has 0 aliphatic heterocycles. The number of benzene rings is 6. The quantitative estimate of drug-likeness (QED) is 0.180. The van der Waals surface area contributed by atoms with Crippen molar-refractivity contribution in [3.63, 3.8) is 0 Å². The molecular formula is C43H33NO. The molecule has 1 heterocycles. The second-order valence-electron chi connectivity index (χ2n) is 11.6. The van der Waals surface area contributed by atoms with Gasteiger partial charge in [-0.15, -0.1) is 0 Å². The van der Waals surface area contributed by atoms with Gasteiger partial charge >= 0.3 is 0 Å². The number of rotatable bonds is 6. The Morgan fingerprint density at radius 3 is 1.16 bits per heavy atom. The topological polar surface area (TPSA) is 26.9 Å². The predicted octanol–water partition coefficient (Wildman–Crippen LogP) is 9.99. The summed E-state index contributed by atoms with van der Waals surface area (Å²) in [6.45, 7) is 4.14. The fourth-order valence-corrected chi connectivity index (χ4v) is 5.95. The van der Waals surface area contributed by atoms with Gasteiger partial charge in [0.05, 0.1) is 0 Å². The van der Waals surface area contributed by atoms with E-state index in [0.29, 0.717) is 11.1 Å². The third-order valence-electron chi connectivity index (χ3n) is 8.37. The number of pyridine rings is 1. The van der Waals surface area contributed by atoms with Crippen LogP contribution in [0.2, 0.25) is 0 Å². The van der Waals surface area contributed by atoms with Crippen molar-refractivity contribution in [2.75, 3.05) is 0 Å². The van der Waals surface area contributed by atoms with Crippen LogP contribution in [0.5, 0.6) is 5.75 Å². The minimum absolute atomic E-state index is 0.0236. The molecule has 0 unspecified atom stereocenters. The third kappa shape index (κ3) is 5.67. The minimum Gasteiger partial charge on any atom is -0.872 e. The summed E-state index contributed by atoms with van der Waals surface area (Å²) in [5.41, 5.74) is 13.0. The van der Waals surface area contributed by atoms with E-state index < -0.39 is 0 Å². The van der Waals surface area contributed by atoms with Gasteiger partial charge in [-0.3, -0.25) is 0 Å². The molecule has 6 aromatic carbocycles. The van der Waals surface area contributed by atoms with Crippen molar-refractivity contribution in [2.45, 2.75) is 13.8 Å². The SMILES string of the molecule is Cc1ccc(-c2cc(-[n+]3c(-c4ccccc4)cc(-c4ccccc4)cc3-c3ccccc3)cc(-c3ccc(C)cc3)c2[O-])cc1. The Labute approximate surface area is 265 Å². The van der Waals surface area contributed by atoms with Gasteiger partial charge in [0, 0.05) is 35.4 Å². The van der Waals surface area contributed by atoms with Crippen molar-refractivity contribution in [2.24, 2.45) is 0 Å². The van der Waals surface area contributed by atoms with Crippen molar-refractivity contribution in [1.29, 1.82) is 0 Å². The first-order valence-corrected chi connectivity index (χ1v) is 15.3. The van der Waals surface area contributed by atoms with Crippen molar-refractivity contribution in [3.8, 4) is 67.3 Å². The lowest BCUT2D eigenvalue weighted by Crippen LogP contribution is -2.36. The van der Waals surface area contributed by atoms with Crippen LogP contribution in [0.25, 0.3) is 61.6 Å². The van der Waals surface area contributed by atoms with Crippen LogP contribution in [-0.2, 0) is 0 Å². The molecule has 0 saturated carbocycles. The molecule has 0 atom stereocenters. The molecule has 0 aliphatic carbocycles. The maximum absolute atomic E-state index is 14.3. The Kier molecular flexibility index (Phi) is 7.55. The highest BCUT2D eigenvalue weighted by molar-refractivity contribution is 5.84. The summed E-state index contributed by atoms with van der Waals surface area (Å²) >= 11 is 0. The Balaban J connectivity index is 1.59. The van der Waals surface area contributed by atoms with Gasteiger partial charge in [0.15, 0.2) is 0 Å². The molecule has 1 aromatic heterocycles. The lowest BCUT2D eigenvalue weighted by atomic mass is 9.94. The minimum atomic E-state index is 0.0236. The highest BCUT2D eigenvalue weighted by Gasteiger charge is 2.26. The monoisotopic (exact) mass is 579 g/mol. The van der Waals surface area contributed by atoms with E-state index in [0.717, 1.165) is 61.6 Å².